The summed E-state index contributed by atoms with van der Waals surface area (Å²) >= 11 is 0. The van der Waals surface area contributed by atoms with Crippen molar-refractivity contribution in [1.29, 1.82) is 0 Å². The quantitative estimate of drug-likeness (QED) is 0.703. The largest absolute Gasteiger partial charge is 0.352 e. The van der Waals surface area contributed by atoms with Crippen molar-refractivity contribution in [2.45, 2.75) is 39.7 Å². The molecule has 0 aliphatic carbocycles. The molecule has 0 aliphatic heterocycles. The molecule has 5 heteroatoms. The first kappa shape index (κ1) is 17.9. The Balaban J connectivity index is 1.49. The Labute approximate surface area is 153 Å². The molecule has 0 unspecified atom stereocenters. The molecule has 1 amide bonds. The second-order valence-corrected chi connectivity index (χ2v) is 6.32. The Morgan fingerprint density at radius 3 is 2.42 bits per heavy atom. The zero-order chi connectivity index (χ0) is 18.4. The average Bonchev–Trinajstić information content (AvgIpc) is 3.15. The van der Waals surface area contributed by atoms with Gasteiger partial charge in [-0.15, -0.1) is 0 Å². The molecular weight excluding hydrogens is 326 g/mol. The molecule has 5 nitrogen and oxygen atoms in total. The molecule has 1 heterocycles. The second-order valence-electron chi connectivity index (χ2n) is 6.32. The SMILES string of the molecule is CCc1ccc(-c2noc(CCC(=O)NCc3ccc(C)cc3)n2)cc1. The van der Waals surface area contributed by atoms with E-state index < -0.39 is 0 Å². The van der Waals surface area contributed by atoms with Crippen LogP contribution in [0.3, 0.4) is 0 Å². The van der Waals surface area contributed by atoms with Crippen molar-refractivity contribution in [3.63, 3.8) is 0 Å². The van der Waals surface area contributed by atoms with E-state index in [-0.39, 0.29) is 5.91 Å². The first-order chi connectivity index (χ1) is 12.6. The third kappa shape index (κ3) is 4.79. The monoisotopic (exact) mass is 349 g/mol. The number of carbonyl (C=O) groups excluding carboxylic acids is 1. The van der Waals surface area contributed by atoms with E-state index in [2.05, 4.69) is 34.5 Å². The fraction of sp³-hybridized carbons (Fsp3) is 0.286. The summed E-state index contributed by atoms with van der Waals surface area (Å²) in [5.74, 6) is 1.00. The standard InChI is InChI=1S/C21H23N3O2/c1-3-16-8-10-18(11-9-16)21-23-20(26-24-21)13-12-19(25)22-14-17-6-4-15(2)5-7-17/h4-11H,3,12-14H2,1-2H3,(H,22,25). The minimum absolute atomic E-state index is 0.0300. The number of aromatic nitrogens is 2. The maximum absolute atomic E-state index is 12.0. The normalized spacial score (nSPS) is 10.7. The maximum atomic E-state index is 12.0. The molecule has 0 spiro atoms. The summed E-state index contributed by atoms with van der Waals surface area (Å²) in [4.78, 5) is 16.4. The van der Waals surface area contributed by atoms with E-state index in [1.807, 2.05) is 43.3 Å². The number of aryl methyl sites for hydroxylation is 3. The molecule has 0 fully saturated rings. The summed E-state index contributed by atoms with van der Waals surface area (Å²) in [5, 5.41) is 6.91. The van der Waals surface area contributed by atoms with Gasteiger partial charge in [-0.25, -0.2) is 0 Å². The highest BCUT2D eigenvalue weighted by Crippen LogP contribution is 2.17. The van der Waals surface area contributed by atoms with E-state index in [4.69, 9.17) is 4.52 Å². The van der Waals surface area contributed by atoms with Crippen LogP contribution >= 0.6 is 0 Å². The first-order valence-corrected chi connectivity index (χ1v) is 8.88. The fourth-order valence-electron chi connectivity index (χ4n) is 2.58. The van der Waals surface area contributed by atoms with Gasteiger partial charge in [0.25, 0.3) is 0 Å². The molecule has 3 rings (SSSR count). The van der Waals surface area contributed by atoms with Crippen molar-refractivity contribution in [1.82, 2.24) is 15.5 Å². The number of amides is 1. The number of rotatable bonds is 7. The minimum Gasteiger partial charge on any atom is -0.352 e. The highest BCUT2D eigenvalue weighted by Gasteiger charge is 2.10. The Kier molecular flexibility index (Phi) is 5.79. The molecule has 0 radical (unpaired) electrons. The Bertz CT molecular complexity index is 852. The smallest absolute Gasteiger partial charge is 0.227 e. The molecule has 134 valence electrons. The molecule has 26 heavy (non-hydrogen) atoms. The third-order valence-corrected chi connectivity index (χ3v) is 4.26. The molecular formula is C21H23N3O2. The van der Waals surface area contributed by atoms with Crippen LogP contribution in [-0.4, -0.2) is 16.0 Å². The molecule has 0 atom stereocenters. The Morgan fingerprint density at radius 1 is 1.04 bits per heavy atom. The number of nitrogens with one attached hydrogen (secondary N) is 1. The fourth-order valence-corrected chi connectivity index (χ4v) is 2.58. The van der Waals surface area contributed by atoms with Gasteiger partial charge in [0.05, 0.1) is 0 Å². The summed E-state index contributed by atoms with van der Waals surface area (Å²) < 4.78 is 5.26. The van der Waals surface area contributed by atoms with Gasteiger partial charge in [-0.3, -0.25) is 4.79 Å². The van der Waals surface area contributed by atoms with Crippen LogP contribution in [0.5, 0.6) is 0 Å². The summed E-state index contributed by atoms with van der Waals surface area (Å²) in [6, 6.07) is 16.2. The number of hydrogen-bond acceptors (Lipinski definition) is 4. The van der Waals surface area contributed by atoms with E-state index in [0.29, 0.717) is 31.1 Å². The van der Waals surface area contributed by atoms with E-state index in [9.17, 15) is 4.79 Å². The van der Waals surface area contributed by atoms with Gasteiger partial charge in [0.1, 0.15) is 0 Å². The van der Waals surface area contributed by atoms with Gasteiger partial charge in [0.15, 0.2) is 0 Å². The van der Waals surface area contributed by atoms with Crippen LogP contribution in [0.2, 0.25) is 0 Å². The van der Waals surface area contributed by atoms with Gasteiger partial charge >= 0.3 is 0 Å². The van der Waals surface area contributed by atoms with Crippen LogP contribution in [0.15, 0.2) is 53.1 Å². The highest BCUT2D eigenvalue weighted by atomic mass is 16.5. The molecule has 1 N–H and O–H groups in total. The average molecular weight is 349 g/mol. The van der Waals surface area contributed by atoms with Crippen molar-refractivity contribution in [3.05, 3.63) is 71.1 Å². The summed E-state index contributed by atoms with van der Waals surface area (Å²) in [7, 11) is 0. The van der Waals surface area contributed by atoms with Crippen LogP contribution < -0.4 is 5.32 Å². The molecule has 1 aromatic heterocycles. The Hall–Kier alpha value is -2.95. The van der Waals surface area contributed by atoms with Crippen LogP contribution in [0.1, 0.15) is 35.9 Å². The topological polar surface area (TPSA) is 68.0 Å². The van der Waals surface area contributed by atoms with Crippen molar-refractivity contribution >= 4 is 5.91 Å². The van der Waals surface area contributed by atoms with Crippen molar-refractivity contribution in [2.24, 2.45) is 0 Å². The van der Waals surface area contributed by atoms with Crippen LogP contribution in [0.4, 0.5) is 0 Å². The van der Waals surface area contributed by atoms with Gasteiger partial charge < -0.3 is 9.84 Å². The number of carbonyl (C=O) groups is 1. The predicted octanol–water partition coefficient (Wildman–Crippen LogP) is 3.86. The molecule has 0 saturated heterocycles. The predicted molar refractivity (Wildman–Crippen MR) is 100 cm³/mol. The highest BCUT2D eigenvalue weighted by molar-refractivity contribution is 5.76. The lowest BCUT2D eigenvalue weighted by molar-refractivity contribution is -0.121. The summed E-state index contributed by atoms with van der Waals surface area (Å²) in [6.07, 6.45) is 1.75. The number of benzene rings is 2. The van der Waals surface area contributed by atoms with Crippen molar-refractivity contribution in [3.8, 4) is 11.4 Å². The van der Waals surface area contributed by atoms with Crippen molar-refractivity contribution < 1.29 is 9.32 Å². The van der Waals surface area contributed by atoms with Gasteiger partial charge in [0.2, 0.25) is 17.6 Å². The van der Waals surface area contributed by atoms with E-state index in [1.54, 1.807) is 0 Å². The molecule has 3 aromatic rings. The number of hydrogen-bond donors (Lipinski definition) is 1. The second kappa shape index (κ2) is 8.43. The molecule has 0 saturated carbocycles. The lowest BCUT2D eigenvalue weighted by atomic mass is 10.1. The molecule has 2 aromatic carbocycles. The molecule has 0 bridgehead atoms. The summed E-state index contributed by atoms with van der Waals surface area (Å²) in [6.45, 7) is 4.68. The number of nitrogens with zero attached hydrogens (tertiary/aromatic N) is 2. The molecule has 0 aliphatic rings. The van der Waals surface area contributed by atoms with Gasteiger partial charge in [-0.1, -0.05) is 66.2 Å². The van der Waals surface area contributed by atoms with Crippen LogP contribution in [0.25, 0.3) is 11.4 Å². The lowest BCUT2D eigenvalue weighted by Gasteiger charge is -2.04. The maximum Gasteiger partial charge on any atom is 0.227 e. The van der Waals surface area contributed by atoms with Gasteiger partial charge in [-0.05, 0) is 24.5 Å². The van der Waals surface area contributed by atoms with E-state index >= 15 is 0 Å². The van der Waals surface area contributed by atoms with Crippen molar-refractivity contribution in [2.75, 3.05) is 0 Å². The zero-order valence-corrected chi connectivity index (χ0v) is 15.2. The van der Waals surface area contributed by atoms with Crippen LogP contribution in [0, 0.1) is 6.92 Å². The van der Waals surface area contributed by atoms with Gasteiger partial charge in [-0.2, -0.15) is 4.98 Å². The Morgan fingerprint density at radius 2 is 1.73 bits per heavy atom. The lowest BCUT2D eigenvalue weighted by Crippen LogP contribution is -2.23. The van der Waals surface area contributed by atoms with Gasteiger partial charge in [0, 0.05) is 24.9 Å². The third-order valence-electron chi connectivity index (χ3n) is 4.26. The first-order valence-electron chi connectivity index (χ1n) is 8.88. The van der Waals surface area contributed by atoms with E-state index in [0.717, 1.165) is 17.5 Å². The van der Waals surface area contributed by atoms with E-state index in [1.165, 1.54) is 11.1 Å². The van der Waals surface area contributed by atoms with Crippen LogP contribution in [-0.2, 0) is 24.2 Å². The minimum atomic E-state index is -0.0300. The summed E-state index contributed by atoms with van der Waals surface area (Å²) in [5.41, 5.74) is 4.47. The zero-order valence-electron chi connectivity index (χ0n) is 15.2.